The second-order valence-electron chi connectivity index (χ2n) is 5.45. The average molecular weight is 227 g/mol. The van der Waals surface area contributed by atoms with Crippen LogP contribution in [0, 0.1) is 5.41 Å². The van der Waals surface area contributed by atoms with Crippen LogP contribution in [0.15, 0.2) is 16.8 Å². The van der Waals surface area contributed by atoms with E-state index >= 15 is 0 Å². The van der Waals surface area contributed by atoms with Gasteiger partial charge in [-0.15, -0.1) is 0 Å². The molecule has 1 rings (SSSR count). The SMILES string of the molecule is CC(C)(C)CNCC(C)(O)c1ccsc1. The molecule has 0 aromatic carbocycles. The lowest BCUT2D eigenvalue weighted by Crippen LogP contribution is -2.38. The van der Waals surface area contributed by atoms with E-state index in [1.165, 1.54) is 0 Å². The monoisotopic (exact) mass is 227 g/mol. The first-order valence-electron chi connectivity index (χ1n) is 5.27. The van der Waals surface area contributed by atoms with E-state index in [-0.39, 0.29) is 5.41 Å². The number of hydrogen-bond acceptors (Lipinski definition) is 3. The second kappa shape index (κ2) is 4.64. The maximum atomic E-state index is 10.2. The normalized spacial score (nSPS) is 16.3. The van der Waals surface area contributed by atoms with Crippen molar-refractivity contribution in [3.8, 4) is 0 Å². The van der Waals surface area contributed by atoms with Crippen LogP contribution in [0.2, 0.25) is 0 Å². The molecule has 3 heteroatoms. The summed E-state index contributed by atoms with van der Waals surface area (Å²) in [6.07, 6.45) is 0. The fraction of sp³-hybridized carbons (Fsp3) is 0.667. The third-order valence-corrected chi connectivity index (χ3v) is 2.95. The average Bonchev–Trinajstić information content (AvgIpc) is 2.52. The fourth-order valence-corrected chi connectivity index (χ4v) is 2.14. The predicted molar refractivity (Wildman–Crippen MR) is 66.2 cm³/mol. The summed E-state index contributed by atoms with van der Waals surface area (Å²) in [5, 5.41) is 17.5. The lowest BCUT2D eigenvalue weighted by atomic mass is 9.95. The van der Waals surface area contributed by atoms with E-state index in [1.54, 1.807) is 11.3 Å². The molecule has 0 radical (unpaired) electrons. The molecule has 1 aromatic rings. The van der Waals surface area contributed by atoms with Gasteiger partial charge in [0.25, 0.3) is 0 Å². The molecule has 1 unspecified atom stereocenters. The molecule has 0 bridgehead atoms. The van der Waals surface area contributed by atoms with Crippen molar-refractivity contribution in [3.05, 3.63) is 22.4 Å². The highest BCUT2D eigenvalue weighted by molar-refractivity contribution is 7.08. The summed E-state index contributed by atoms with van der Waals surface area (Å²) in [6, 6.07) is 1.98. The van der Waals surface area contributed by atoms with Crippen molar-refractivity contribution in [1.82, 2.24) is 5.32 Å². The Morgan fingerprint density at radius 3 is 2.40 bits per heavy atom. The highest BCUT2D eigenvalue weighted by atomic mass is 32.1. The number of rotatable bonds is 4. The highest BCUT2D eigenvalue weighted by Gasteiger charge is 2.23. The van der Waals surface area contributed by atoms with Gasteiger partial charge in [-0.2, -0.15) is 11.3 Å². The van der Waals surface area contributed by atoms with Crippen molar-refractivity contribution in [2.75, 3.05) is 13.1 Å². The van der Waals surface area contributed by atoms with Gasteiger partial charge >= 0.3 is 0 Å². The zero-order chi connectivity index (χ0) is 11.5. The molecule has 15 heavy (non-hydrogen) atoms. The number of nitrogens with one attached hydrogen (secondary N) is 1. The summed E-state index contributed by atoms with van der Waals surface area (Å²) in [6.45, 7) is 9.90. The van der Waals surface area contributed by atoms with Crippen LogP contribution < -0.4 is 5.32 Å². The highest BCUT2D eigenvalue weighted by Crippen LogP contribution is 2.22. The second-order valence-corrected chi connectivity index (χ2v) is 6.23. The van der Waals surface area contributed by atoms with Gasteiger partial charge in [-0.1, -0.05) is 20.8 Å². The standard InChI is InChI=1S/C12H21NOS/c1-11(2,3)8-13-9-12(4,14)10-5-6-15-7-10/h5-7,13-14H,8-9H2,1-4H3. The molecule has 0 aliphatic rings. The van der Waals surface area contributed by atoms with Crippen molar-refractivity contribution >= 4 is 11.3 Å². The van der Waals surface area contributed by atoms with E-state index in [2.05, 4.69) is 26.1 Å². The van der Waals surface area contributed by atoms with E-state index in [9.17, 15) is 5.11 Å². The van der Waals surface area contributed by atoms with E-state index in [0.717, 1.165) is 12.1 Å². The topological polar surface area (TPSA) is 32.3 Å². The number of aliphatic hydroxyl groups is 1. The van der Waals surface area contributed by atoms with Crippen LogP contribution in [-0.2, 0) is 5.60 Å². The van der Waals surface area contributed by atoms with Crippen LogP contribution in [0.3, 0.4) is 0 Å². The predicted octanol–water partition coefficient (Wildman–Crippen LogP) is 2.59. The molecule has 1 heterocycles. The molecule has 2 N–H and O–H groups in total. The van der Waals surface area contributed by atoms with Crippen LogP contribution in [-0.4, -0.2) is 18.2 Å². The Labute approximate surface area is 96.3 Å². The van der Waals surface area contributed by atoms with Gasteiger partial charge in [-0.3, -0.25) is 0 Å². The first-order chi connectivity index (χ1) is 6.81. The molecule has 2 nitrogen and oxygen atoms in total. The lowest BCUT2D eigenvalue weighted by Gasteiger charge is -2.26. The van der Waals surface area contributed by atoms with Gasteiger partial charge < -0.3 is 10.4 Å². The van der Waals surface area contributed by atoms with Crippen molar-refractivity contribution in [1.29, 1.82) is 0 Å². The van der Waals surface area contributed by atoms with Gasteiger partial charge in [-0.05, 0) is 34.7 Å². The quantitative estimate of drug-likeness (QED) is 0.828. The van der Waals surface area contributed by atoms with E-state index in [1.807, 2.05) is 23.8 Å². The van der Waals surface area contributed by atoms with Gasteiger partial charge in [0.2, 0.25) is 0 Å². The minimum atomic E-state index is -0.759. The Morgan fingerprint density at radius 2 is 1.93 bits per heavy atom. The van der Waals surface area contributed by atoms with Crippen molar-refractivity contribution in [2.24, 2.45) is 5.41 Å². The summed E-state index contributed by atoms with van der Waals surface area (Å²) in [4.78, 5) is 0. The molecule has 0 saturated carbocycles. The van der Waals surface area contributed by atoms with Crippen LogP contribution in [0.5, 0.6) is 0 Å². The van der Waals surface area contributed by atoms with E-state index in [0.29, 0.717) is 6.54 Å². The van der Waals surface area contributed by atoms with Gasteiger partial charge in [0.15, 0.2) is 0 Å². The third-order valence-electron chi connectivity index (χ3n) is 2.27. The van der Waals surface area contributed by atoms with E-state index in [4.69, 9.17) is 0 Å². The molecule has 86 valence electrons. The Balaban J connectivity index is 2.44. The molecule has 0 saturated heterocycles. The Hall–Kier alpha value is -0.380. The summed E-state index contributed by atoms with van der Waals surface area (Å²) >= 11 is 1.62. The first kappa shape index (κ1) is 12.7. The van der Waals surface area contributed by atoms with Gasteiger partial charge in [-0.25, -0.2) is 0 Å². The summed E-state index contributed by atoms with van der Waals surface area (Å²) < 4.78 is 0. The molecule has 1 atom stereocenters. The summed E-state index contributed by atoms with van der Waals surface area (Å²) in [5.41, 5.74) is 0.490. The zero-order valence-electron chi connectivity index (χ0n) is 10.0. The molecule has 0 fully saturated rings. The minimum absolute atomic E-state index is 0.255. The number of hydrogen-bond donors (Lipinski definition) is 2. The minimum Gasteiger partial charge on any atom is -0.384 e. The smallest absolute Gasteiger partial charge is 0.1000 e. The maximum absolute atomic E-state index is 10.2. The third kappa shape index (κ3) is 4.33. The van der Waals surface area contributed by atoms with Gasteiger partial charge in [0, 0.05) is 13.1 Å². The summed E-state index contributed by atoms with van der Waals surface area (Å²) in [5.74, 6) is 0. The molecular weight excluding hydrogens is 206 g/mol. The van der Waals surface area contributed by atoms with E-state index < -0.39 is 5.60 Å². The van der Waals surface area contributed by atoms with Gasteiger partial charge in [0.05, 0.1) is 5.60 Å². The molecule has 0 amide bonds. The molecule has 0 aliphatic heterocycles. The Kier molecular flexibility index (Phi) is 3.93. The molecular formula is C12H21NOS. The largest absolute Gasteiger partial charge is 0.384 e. The molecule has 1 aromatic heterocycles. The van der Waals surface area contributed by atoms with Crippen molar-refractivity contribution in [2.45, 2.75) is 33.3 Å². The van der Waals surface area contributed by atoms with Crippen LogP contribution in [0.4, 0.5) is 0 Å². The van der Waals surface area contributed by atoms with Crippen molar-refractivity contribution < 1.29 is 5.11 Å². The van der Waals surface area contributed by atoms with Crippen molar-refractivity contribution in [3.63, 3.8) is 0 Å². The fourth-order valence-electron chi connectivity index (χ4n) is 1.35. The Bertz CT molecular complexity index is 285. The molecule has 0 spiro atoms. The van der Waals surface area contributed by atoms with Crippen LogP contribution >= 0.6 is 11.3 Å². The lowest BCUT2D eigenvalue weighted by molar-refractivity contribution is 0.0553. The Morgan fingerprint density at radius 1 is 1.27 bits per heavy atom. The maximum Gasteiger partial charge on any atom is 0.1000 e. The van der Waals surface area contributed by atoms with Crippen LogP contribution in [0.25, 0.3) is 0 Å². The molecule has 0 aliphatic carbocycles. The van der Waals surface area contributed by atoms with Gasteiger partial charge in [0.1, 0.15) is 0 Å². The first-order valence-corrected chi connectivity index (χ1v) is 6.21. The summed E-state index contributed by atoms with van der Waals surface area (Å²) in [7, 11) is 0. The van der Waals surface area contributed by atoms with Crippen LogP contribution in [0.1, 0.15) is 33.3 Å². The number of thiophene rings is 1. The zero-order valence-corrected chi connectivity index (χ0v) is 10.8.